The minimum absolute atomic E-state index is 0.186. The molecule has 0 aromatic rings. The molecule has 4 unspecified atom stereocenters. The van der Waals surface area contributed by atoms with Gasteiger partial charge in [-0.3, -0.25) is 4.79 Å². The molecule has 2 rings (SSSR count). The number of allylic oxidation sites excluding steroid dienone is 2. The Morgan fingerprint density at radius 2 is 2.00 bits per heavy atom. The molecule has 0 spiro atoms. The van der Waals surface area contributed by atoms with Gasteiger partial charge in [-0.2, -0.15) is 0 Å². The van der Waals surface area contributed by atoms with E-state index in [0.29, 0.717) is 18.4 Å². The Labute approximate surface area is 110 Å². The number of esters is 1. The normalized spacial score (nSPS) is 35.3. The monoisotopic (exact) mass is 302 g/mol. The highest BCUT2D eigenvalue weighted by molar-refractivity contribution is 9.10. The predicted octanol–water partition coefficient (Wildman–Crippen LogP) is 2.13. The maximum absolute atomic E-state index is 11.7. The van der Waals surface area contributed by atoms with Gasteiger partial charge in [0.2, 0.25) is 0 Å². The van der Waals surface area contributed by atoms with Crippen LogP contribution in [0.15, 0.2) is 12.2 Å². The Bertz CT molecular complexity index is 332. The van der Waals surface area contributed by atoms with Crippen LogP contribution in [0.25, 0.3) is 0 Å². The maximum Gasteiger partial charge on any atom is 0.322 e. The highest BCUT2D eigenvalue weighted by Gasteiger charge is 2.44. The van der Waals surface area contributed by atoms with E-state index in [9.17, 15) is 9.90 Å². The van der Waals surface area contributed by atoms with E-state index in [2.05, 4.69) is 28.1 Å². The van der Waals surface area contributed by atoms with E-state index >= 15 is 0 Å². The van der Waals surface area contributed by atoms with Crippen molar-refractivity contribution in [1.82, 2.24) is 0 Å². The van der Waals surface area contributed by atoms with Crippen LogP contribution in [0, 0.1) is 23.7 Å². The highest BCUT2D eigenvalue weighted by atomic mass is 79.9. The molecule has 0 aromatic carbocycles. The molecule has 2 bridgehead atoms. The maximum atomic E-state index is 11.7. The molecule has 17 heavy (non-hydrogen) atoms. The van der Waals surface area contributed by atoms with Crippen LogP contribution in [-0.2, 0) is 9.53 Å². The van der Waals surface area contributed by atoms with Crippen LogP contribution < -0.4 is 0 Å². The first-order valence-electron chi connectivity index (χ1n) is 6.09. The number of hydrogen-bond donors (Lipinski definition) is 1. The first-order valence-corrected chi connectivity index (χ1v) is 6.88. The van der Waals surface area contributed by atoms with E-state index in [1.54, 1.807) is 13.8 Å². The average Bonchev–Trinajstić information content (AvgIpc) is 2.83. The SMILES string of the molecule is CC(C)(Br)C(=O)OCC1C2C=CC(C2)C1CO. The van der Waals surface area contributed by atoms with E-state index in [-0.39, 0.29) is 24.4 Å². The van der Waals surface area contributed by atoms with E-state index in [1.165, 1.54) is 0 Å². The molecule has 2 aliphatic carbocycles. The molecule has 1 fully saturated rings. The third-order valence-electron chi connectivity index (χ3n) is 3.90. The van der Waals surface area contributed by atoms with Crippen molar-refractivity contribution in [2.24, 2.45) is 23.7 Å². The highest BCUT2D eigenvalue weighted by Crippen LogP contribution is 2.47. The molecule has 1 N–H and O–H groups in total. The van der Waals surface area contributed by atoms with E-state index in [4.69, 9.17) is 4.74 Å². The van der Waals surface area contributed by atoms with Gasteiger partial charge in [-0.1, -0.05) is 28.1 Å². The molecular weight excluding hydrogens is 284 g/mol. The molecule has 0 aromatic heterocycles. The molecule has 4 atom stereocenters. The largest absolute Gasteiger partial charge is 0.464 e. The van der Waals surface area contributed by atoms with E-state index in [0.717, 1.165) is 6.42 Å². The number of aliphatic hydroxyl groups excluding tert-OH is 1. The number of aliphatic hydroxyl groups is 1. The smallest absolute Gasteiger partial charge is 0.322 e. The minimum Gasteiger partial charge on any atom is -0.464 e. The molecule has 0 heterocycles. The Balaban J connectivity index is 1.92. The third-order valence-corrected chi connectivity index (χ3v) is 4.23. The predicted molar refractivity (Wildman–Crippen MR) is 68.8 cm³/mol. The Morgan fingerprint density at radius 3 is 2.53 bits per heavy atom. The van der Waals surface area contributed by atoms with E-state index in [1.807, 2.05) is 0 Å². The second-order valence-electron chi connectivity index (χ2n) is 5.53. The van der Waals surface area contributed by atoms with Gasteiger partial charge < -0.3 is 9.84 Å². The Kier molecular flexibility index (Phi) is 3.64. The summed E-state index contributed by atoms with van der Waals surface area (Å²) < 4.78 is 4.71. The summed E-state index contributed by atoms with van der Waals surface area (Å²) in [5.41, 5.74) is 0. The topological polar surface area (TPSA) is 46.5 Å². The first-order chi connectivity index (χ1) is 7.93. The molecular formula is C13H19BrO3. The van der Waals surface area contributed by atoms with Crippen LogP contribution in [0.2, 0.25) is 0 Å². The van der Waals surface area contributed by atoms with Crippen LogP contribution in [-0.4, -0.2) is 28.6 Å². The molecule has 4 heteroatoms. The molecule has 96 valence electrons. The van der Waals surface area contributed by atoms with Crippen LogP contribution >= 0.6 is 15.9 Å². The van der Waals surface area contributed by atoms with Gasteiger partial charge in [0.05, 0.1) is 6.61 Å². The molecule has 1 saturated carbocycles. The lowest BCUT2D eigenvalue weighted by molar-refractivity contribution is -0.147. The van der Waals surface area contributed by atoms with Gasteiger partial charge in [0, 0.05) is 12.5 Å². The second-order valence-corrected chi connectivity index (χ2v) is 7.51. The standard InChI is InChI=1S/C13H19BrO3/c1-13(2,14)12(16)17-7-11-9-4-3-8(5-9)10(11)6-15/h3-4,8-11,15H,5-7H2,1-2H3. The van der Waals surface area contributed by atoms with Crippen molar-refractivity contribution < 1.29 is 14.6 Å². The number of ether oxygens (including phenoxy) is 1. The molecule has 0 radical (unpaired) electrons. The lowest BCUT2D eigenvalue weighted by Gasteiger charge is -2.27. The number of halogens is 1. The number of fused-ring (bicyclic) bond motifs is 2. The Hall–Kier alpha value is -0.350. The summed E-state index contributed by atoms with van der Waals surface area (Å²) in [6, 6.07) is 0. The van der Waals surface area contributed by atoms with Crippen molar-refractivity contribution in [1.29, 1.82) is 0 Å². The number of carbonyl (C=O) groups is 1. The van der Waals surface area contributed by atoms with Crippen molar-refractivity contribution in [3.05, 3.63) is 12.2 Å². The van der Waals surface area contributed by atoms with Gasteiger partial charge in [0.15, 0.2) is 0 Å². The summed E-state index contributed by atoms with van der Waals surface area (Å²) in [4.78, 5) is 11.7. The quantitative estimate of drug-likeness (QED) is 0.492. The van der Waals surface area contributed by atoms with Crippen molar-refractivity contribution in [3.8, 4) is 0 Å². The summed E-state index contributed by atoms with van der Waals surface area (Å²) in [6.07, 6.45) is 5.50. The average molecular weight is 303 g/mol. The number of carbonyl (C=O) groups excluding carboxylic acids is 1. The van der Waals surface area contributed by atoms with Crippen molar-refractivity contribution in [2.45, 2.75) is 24.6 Å². The van der Waals surface area contributed by atoms with E-state index < -0.39 is 4.32 Å². The van der Waals surface area contributed by atoms with Gasteiger partial charge in [-0.15, -0.1) is 0 Å². The second kappa shape index (κ2) is 4.73. The first kappa shape index (κ1) is 13.1. The van der Waals surface area contributed by atoms with Crippen molar-refractivity contribution in [2.75, 3.05) is 13.2 Å². The summed E-state index contributed by atoms with van der Waals surface area (Å²) >= 11 is 3.29. The van der Waals surface area contributed by atoms with Gasteiger partial charge in [0.25, 0.3) is 0 Å². The van der Waals surface area contributed by atoms with Crippen LogP contribution in [0.5, 0.6) is 0 Å². The van der Waals surface area contributed by atoms with Crippen LogP contribution in [0.1, 0.15) is 20.3 Å². The summed E-state index contributed by atoms with van der Waals surface area (Å²) in [7, 11) is 0. The number of alkyl halides is 1. The zero-order valence-corrected chi connectivity index (χ0v) is 11.8. The summed E-state index contributed by atoms with van der Waals surface area (Å²) in [5, 5.41) is 9.40. The minimum atomic E-state index is -0.630. The lowest BCUT2D eigenvalue weighted by Crippen LogP contribution is -2.32. The lowest BCUT2D eigenvalue weighted by atomic mass is 9.84. The van der Waals surface area contributed by atoms with Gasteiger partial charge in [0.1, 0.15) is 4.32 Å². The zero-order chi connectivity index (χ0) is 12.6. The molecule has 3 nitrogen and oxygen atoms in total. The fraction of sp³-hybridized carbons (Fsp3) is 0.769. The summed E-state index contributed by atoms with van der Waals surface area (Å²) in [6.45, 7) is 4.16. The molecule has 0 aliphatic heterocycles. The number of rotatable bonds is 4. The fourth-order valence-corrected chi connectivity index (χ4v) is 3.00. The molecule has 2 aliphatic rings. The van der Waals surface area contributed by atoms with Gasteiger partial charge in [-0.25, -0.2) is 0 Å². The van der Waals surface area contributed by atoms with Crippen molar-refractivity contribution >= 4 is 21.9 Å². The molecule has 0 amide bonds. The van der Waals surface area contributed by atoms with Crippen LogP contribution in [0.3, 0.4) is 0 Å². The Morgan fingerprint density at radius 1 is 1.41 bits per heavy atom. The zero-order valence-electron chi connectivity index (χ0n) is 10.2. The fourth-order valence-electron chi connectivity index (χ4n) is 2.89. The summed E-state index contributed by atoms with van der Waals surface area (Å²) in [5.74, 6) is 1.26. The number of hydrogen-bond acceptors (Lipinski definition) is 3. The third kappa shape index (κ3) is 2.58. The van der Waals surface area contributed by atoms with Gasteiger partial charge in [-0.05, 0) is 38.0 Å². The van der Waals surface area contributed by atoms with Crippen LogP contribution in [0.4, 0.5) is 0 Å². The molecule has 0 saturated heterocycles. The van der Waals surface area contributed by atoms with Crippen molar-refractivity contribution in [3.63, 3.8) is 0 Å². The van der Waals surface area contributed by atoms with Gasteiger partial charge >= 0.3 is 5.97 Å².